The van der Waals surface area contributed by atoms with Gasteiger partial charge in [-0.1, -0.05) is 47.6 Å². The summed E-state index contributed by atoms with van der Waals surface area (Å²) in [4.78, 5) is 42.1. The number of fused-ring (bicyclic) bond motifs is 1. The van der Waals surface area contributed by atoms with E-state index in [4.69, 9.17) is 10.6 Å². The predicted octanol–water partition coefficient (Wildman–Crippen LogP) is 1.93. The largest absolute Gasteiger partial charge is 0.380 e. The van der Waals surface area contributed by atoms with Crippen molar-refractivity contribution < 1.29 is 19.2 Å². The number of benzene rings is 2. The molecule has 1 aliphatic heterocycles. The average Bonchev–Trinajstić information content (AvgIpc) is 2.92. The second-order valence-corrected chi connectivity index (χ2v) is 5.72. The Morgan fingerprint density at radius 3 is 2.15 bits per heavy atom. The summed E-state index contributed by atoms with van der Waals surface area (Å²) >= 11 is 0. The summed E-state index contributed by atoms with van der Waals surface area (Å²) in [6.07, 6.45) is 0.296. The minimum absolute atomic E-state index is 0.0129. The summed E-state index contributed by atoms with van der Waals surface area (Å²) in [5.41, 5.74) is 7.15. The third-order valence-electron chi connectivity index (χ3n) is 3.96. The van der Waals surface area contributed by atoms with Gasteiger partial charge in [0.05, 0.1) is 11.1 Å². The van der Waals surface area contributed by atoms with Gasteiger partial charge >= 0.3 is 5.97 Å². The second kappa shape index (κ2) is 7.60. The monoisotopic (exact) mass is 351 g/mol. The predicted molar refractivity (Wildman–Crippen MR) is 94.3 cm³/mol. The number of carbonyl (C=O) groups excluding carboxylic acids is 3. The van der Waals surface area contributed by atoms with Crippen LogP contribution in [-0.4, -0.2) is 35.1 Å². The van der Waals surface area contributed by atoms with E-state index in [1.165, 1.54) is 0 Å². The number of imide groups is 1. The molecule has 0 aliphatic carbocycles. The van der Waals surface area contributed by atoms with Gasteiger partial charge in [0.2, 0.25) is 0 Å². The van der Waals surface area contributed by atoms with Crippen molar-refractivity contribution >= 4 is 23.6 Å². The molecule has 0 saturated heterocycles. The second-order valence-electron chi connectivity index (χ2n) is 5.72. The summed E-state index contributed by atoms with van der Waals surface area (Å²) in [6, 6.07) is 15.6. The van der Waals surface area contributed by atoms with Gasteiger partial charge in [0.15, 0.2) is 5.84 Å². The zero-order valence-electron chi connectivity index (χ0n) is 13.9. The van der Waals surface area contributed by atoms with Crippen molar-refractivity contribution in [3.63, 3.8) is 0 Å². The number of nitrogens with two attached hydrogens (primary N) is 1. The van der Waals surface area contributed by atoms with Crippen LogP contribution >= 0.6 is 0 Å². The lowest BCUT2D eigenvalue weighted by molar-refractivity contribution is -0.143. The van der Waals surface area contributed by atoms with E-state index in [1.54, 1.807) is 48.5 Å². The Bertz CT molecular complexity index is 842. The first-order chi connectivity index (χ1) is 12.6. The number of amidine groups is 1. The Morgan fingerprint density at radius 2 is 1.54 bits per heavy atom. The summed E-state index contributed by atoms with van der Waals surface area (Å²) in [7, 11) is 0. The Kier molecular flexibility index (Phi) is 5.07. The molecule has 0 aromatic heterocycles. The summed E-state index contributed by atoms with van der Waals surface area (Å²) in [5.74, 6) is -1.17. The molecule has 2 aromatic carbocycles. The highest BCUT2D eigenvalue weighted by atomic mass is 16.7. The molecular weight excluding hydrogens is 334 g/mol. The number of oxime groups is 1. The molecule has 7 nitrogen and oxygen atoms in total. The number of hydrogen-bond donors (Lipinski definition) is 1. The van der Waals surface area contributed by atoms with Gasteiger partial charge in [-0.05, 0) is 18.6 Å². The minimum atomic E-state index is -0.583. The number of rotatable bonds is 6. The van der Waals surface area contributed by atoms with Gasteiger partial charge in [-0.2, -0.15) is 0 Å². The van der Waals surface area contributed by atoms with Crippen molar-refractivity contribution in [3.8, 4) is 0 Å². The lowest BCUT2D eigenvalue weighted by Gasteiger charge is -2.12. The summed E-state index contributed by atoms with van der Waals surface area (Å²) in [6.45, 7) is 0.138. The molecule has 0 fully saturated rings. The molecule has 0 unspecified atom stereocenters. The lowest BCUT2D eigenvalue weighted by Crippen LogP contribution is -2.31. The van der Waals surface area contributed by atoms with E-state index >= 15 is 0 Å². The highest BCUT2D eigenvalue weighted by Gasteiger charge is 2.34. The Labute approximate surface area is 150 Å². The number of carbonyl (C=O) groups is 3. The lowest BCUT2D eigenvalue weighted by atomic mass is 10.1. The average molecular weight is 351 g/mol. The maximum atomic E-state index is 12.2. The van der Waals surface area contributed by atoms with Crippen LogP contribution < -0.4 is 5.73 Å². The number of amides is 2. The number of nitrogens with zero attached hydrogens (tertiary/aromatic N) is 2. The van der Waals surface area contributed by atoms with Gasteiger partial charge in [-0.25, -0.2) is 4.79 Å². The fourth-order valence-corrected chi connectivity index (χ4v) is 2.63. The van der Waals surface area contributed by atoms with E-state index in [-0.39, 0.29) is 37.0 Å². The molecule has 0 saturated carbocycles. The van der Waals surface area contributed by atoms with Crippen molar-refractivity contribution in [2.24, 2.45) is 10.9 Å². The van der Waals surface area contributed by atoms with E-state index in [9.17, 15) is 14.4 Å². The van der Waals surface area contributed by atoms with Crippen LogP contribution in [0, 0.1) is 0 Å². The van der Waals surface area contributed by atoms with Crippen molar-refractivity contribution in [2.75, 3.05) is 6.54 Å². The molecular formula is C19H17N3O4. The van der Waals surface area contributed by atoms with E-state index in [1.807, 2.05) is 6.07 Å². The molecule has 0 bridgehead atoms. The van der Waals surface area contributed by atoms with E-state index in [0.717, 1.165) is 4.90 Å². The van der Waals surface area contributed by atoms with E-state index in [2.05, 4.69) is 5.16 Å². The Morgan fingerprint density at radius 1 is 0.962 bits per heavy atom. The Balaban J connectivity index is 1.49. The molecule has 7 heteroatoms. The van der Waals surface area contributed by atoms with Gasteiger partial charge in [-0.15, -0.1) is 0 Å². The molecule has 132 valence electrons. The molecule has 2 N–H and O–H groups in total. The van der Waals surface area contributed by atoms with Gasteiger partial charge in [0, 0.05) is 18.5 Å². The molecule has 1 aliphatic rings. The van der Waals surface area contributed by atoms with Gasteiger partial charge in [-0.3, -0.25) is 14.5 Å². The molecule has 2 aromatic rings. The first kappa shape index (κ1) is 17.3. The van der Waals surface area contributed by atoms with Crippen LogP contribution in [-0.2, 0) is 9.63 Å². The van der Waals surface area contributed by atoms with Gasteiger partial charge < -0.3 is 10.6 Å². The molecule has 1 heterocycles. The molecule has 2 amide bonds. The zero-order chi connectivity index (χ0) is 18.5. The maximum absolute atomic E-state index is 12.2. The third kappa shape index (κ3) is 3.61. The van der Waals surface area contributed by atoms with Crippen molar-refractivity contribution in [2.45, 2.75) is 12.8 Å². The summed E-state index contributed by atoms with van der Waals surface area (Å²) in [5, 5.41) is 3.60. The SMILES string of the molecule is N/C(=N/OC(=O)CCCN1C(=O)c2ccccc2C1=O)c1ccccc1. The van der Waals surface area contributed by atoms with Gasteiger partial charge in [0.1, 0.15) is 0 Å². The fourth-order valence-electron chi connectivity index (χ4n) is 2.63. The zero-order valence-corrected chi connectivity index (χ0v) is 13.9. The molecule has 3 rings (SSSR count). The first-order valence-electron chi connectivity index (χ1n) is 8.12. The van der Waals surface area contributed by atoms with Crippen molar-refractivity contribution in [1.29, 1.82) is 0 Å². The van der Waals surface area contributed by atoms with Gasteiger partial charge in [0.25, 0.3) is 11.8 Å². The van der Waals surface area contributed by atoms with Crippen molar-refractivity contribution in [1.82, 2.24) is 4.90 Å². The van der Waals surface area contributed by atoms with E-state index < -0.39 is 5.97 Å². The van der Waals surface area contributed by atoms with E-state index in [0.29, 0.717) is 16.7 Å². The van der Waals surface area contributed by atoms with Crippen molar-refractivity contribution in [3.05, 3.63) is 71.3 Å². The summed E-state index contributed by atoms with van der Waals surface area (Å²) < 4.78 is 0. The van der Waals surface area contributed by atoms with Crippen LogP contribution in [0.1, 0.15) is 39.1 Å². The van der Waals surface area contributed by atoms with Crippen LogP contribution in [0.3, 0.4) is 0 Å². The molecule has 0 radical (unpaired) electrons. The molecule has 0 spiro atoms. The topological polar surface area (TPSA) is 102 Å². The molecule has 26 heavy (non-hydrogen) atoms. The fraction of sp³-hybridized carbons (Fsp3) is 0.158. The number of hydrogen-bond acceptors (Lipinski definition) is 5. The first-order valence-corrected chi connectivity index (χ1v) is 8.12. The smallest absolute Gasteiger partial charge is 0.335 e. The highest BCUT2D eigenvalue weighted by Crippen LogP contribution is 2.22. The third-order valence-corrected chi connectivity index (χ3v) is 3.96. The van der Waals surface area contributed by atoms with Crippen LogP contribution in [0.2, 0.25) is 0 Å². The maximum Gasteiger partial charge on any atom is 0.335 e. The standard InChI is InChI=1S/C19H17N3O4/c20-17(13-7-2-1-3-8-13)21-26-16(23)11-6-12-22-18(24)14-9-4-5-10-15(14)19(22)25/h1-5,7-10H,6,11-12H2,(H2,20,21). The normalized spacial score (nSPS) is 13.7. The molecule has 0 atom stereocenters. The minimum Gasteiger partial charge on any atom is -0.380 e. The highest BCUT2D eigenvalue weighted by molar-refractivity contribution is 6.21. The van der Waals surface area contributed by atoms with Crippen LogP contribution in [0.25, 0.3) is 0 Å². The Hall–Kier alpha value is -3.48. The quantitative estimate of drug-likeness (QED) is 0.282. The van der Waals surface area contributed by atoms with Crippen LogP contribution in [0.15, 0.2) is 59.8 Å². The van der Waals surface area contributed by atoms with Crippen LogP contribution in [0.4, 0.5) is 0 Å². The van der Waals surface area contributed by atoms with Crippen LogP contribution in [0.5, 0.6) is 0 Å².